The third kappa shape index (κ3) is 1.28. The predicted molar refractivity (Wildman–Crippen MR) is 40.5 cm³/mol. The van der Waals surface area contributed by atoms with Crippen molar-refractivity contribution in [2.75, 3.05) is 0 Å². The van der Waals surface area contributed by atoms with E-state index in [2.05, 4.69) is 5.10 Å². The van der Waals surface area contributed by atoms with Gasteiger partial charge in [-0.25, -0.2) is 0 Å². The Morgan fingerprint density at radius 2 is 2.42 bits per heavy atom. The van der Waals surface area contributed by atoms with Gasteiger partial charge in [0.1, 0.15) is 11.9 Å². The lowest BCUT2D eigenvalue weighted by atomic mass is 10.2. The molecule has 1 aromatic rings. The summed E-state index contributed by atoms with van der Waals surface area (Å²) in [4.78, 5) is 9.82. The smallest absolute Gasteiger partial charge is 0.312 e. The summed E-state index contributed by atoms with van der Waals surface area (Å²) < 4.78 is 1.29. The van der Waals surface area contributed by atoms with E-state index in [9.17, 15) is 10.1 Å². The molecule has 1 atom stereocenters. The Bertz CT molecular complexity index is 305. The van der Waals surface area contributed by atoms with Gasteiger partial charge in [0.05, 0.1) is 11.0 Å². The van der Waals surface area contributed by atoms with Gasteiger partial charge in [0.2, 0.25) is 0 Å². The second-order valence-electron chi connectivity index (χ2n) is 2.47. The largest absolute Gasteiger partial charge is 0.387 e. The van der Waals surface area contributed by atoms with E-state index < -0.39 is 11.0 Å². The second kappa shape index (κ2) is 2.90. The summed E-state index contributed by atoms with van der Waals surface area (Å²) in [6.07, 6.45) is 0.250. The van der Waals surface area contributed by atoms with Crippen LogP contribution in [0.1, 0.15) is 18.7 Å². The molecule has 0 unspecified atom stereocenters. The molecule has 1 rings (SSSR count). The number of nitro groups is 1. The van der Waals surface area contributed by atoms with Crippen LogP contribution in [0.5, 0.6) is 0 Å². The van der Waals surface area contributed by atoms with E-state index in [1.54, 1.807) is 7.05 Å². The Labute approximate surface area is 68.6 Å². The van der Waals surface area contributed by atoms with Gasteiger partial charge in [0.25, 0.3) is 0 Å². The zero-order chi connectivity index (χ0) is 9.30. The van der Waals surface area contributed by atoms with Gasteiger partial charge in [-0.1, -0.05) is 0 Å². The molecule has 0 spiro atoms. The molecule has 0 bridgehead atoms. The van der Waals surface area contributed by atoms with Crippen molar-refractivity contribution in [1.29, 1.82) is 0 Å². The van der Waals surface area contributed by atoms with Crippen LogP contribution in [0.15, 0.2) is 6.20 Å². The lowest BCUT2D eigenvalue weighted by Crippen LogP contribution is -2.04. The molecule has 0 saturated heterocycles. The van der Waals surface area contributed by atoms with Crippen LogP contribution in [0, 0.1) is 10.1 Å². The van der Waals surface area contributed by atoms with E-state index in [4.69, 9.17) is 5.11 Å². The number of aliphatic hydroxyl groups is 1. The van der Waals surface area contributed by atoms with Crippen molar-refractivity contribution >= 4 is 5.69 Å². The van der Waals surface area contributed by atoms with E-state index >= 15 is 0 Å². The number of aromatic nitrogens is 2. The van der Waals surface area contributed by atoms with Crippen molar-refractivity contribution < 1.29 is 10.0 Å². The molecular formula is C6H9N3O3. The number of hydrogen-bond donors (Lipinski definition) is 1. The molecule has 0 amide bonds. The van der Waals surface area contributed by atoms with Gasteiger partial charge in [0.15, 0.2) is 0 Å². The van der Waals surface area contributed by atoms with Crippen LogP contribution >= 0.6 is 0 Å². The quantitative estimate of drug-likeness (QED) is 0.515. The lowest BCUT2D eigenvalue weighted by Gasteiger charge is -2.02. The molecule has 1 N–H and O–H groups in total. The minimum absolute atomic E-state index is 0.146. The molecular weight excluding hydrogens is 162 g/mol. The molecule has 0 fully saturated rings. The van der Waals surface area contributed by atoms with Crippen molar-refractivity contribution in [2.24, 2.45) is 7.05 Å². The first-order chi connectivity index (χ1) is 5.54. The van der Waals surface area contributed by atoms with Crippen molar-refractivity contribution in [3.05, 3.63) is 22.0 Å². The zero-order valence-electron chi connectivity index (χ0n) is 6.76. The maximum absolute atomic E-state index is 10.4. The highest BCUT2D eigenvalue weighted by Crippen LogP contribution is 2.22. The topological polar surface area (TPSA) is 81.2 Å². The number of hydrogen-bond acceptors (Lipinski definition) is 4. The maximum Gasteiger partial charge on any atom is 0.312 e. The fraction of sp³-hybridized carbons (Fsp3) is 0.500. The molecule has 6 nitrogen and oxygen atoms in total. The summed E-state index contributed by atoms with van der Waals surface area (Å²) in [5, 5.41) is 23.2. The Morgan fingerprint density at radius 1 is 1.83 bits per heavy atom. The second-order valence-corrected chi connectivity index (χ2v) is 2.47. The molecule has 0 aliphatic carbocycles. The highest BCUT2D eigenvalue weighted by molar-refractivity contribution is 5.34. The summed E-state index contributed by atoms with van der Waals surface area (Å²) in [6.45, 7) is 1.46. The normalized spacial score (nSPS) is 12.9. The molecule has 0 aromatic carbocycles. The van der Waals surface area contributed by atoms with Crippen LogP contribution < -0.4 is 0 Å². The van der Waals surface area contributed by atoms with E-state index in [1.807, 2.05) is 0 Å². The van der Waals surface area contributed by atoms with Gasteiger partial charge in [-0.3, -0.25) is 14.8 Å². The van der Waals surface area contributed by atoms with Crippen LogP contribution in [0.4, 0.5) is 5.69 Å². The first-order valence-electron chi connectivity index (χ1n) is 3.38. The molecule has 0 aliphatic heterocycles. The van der Waals surface area contributed by atoms with Gasteiger partial charge in [-0.2, -0.15) is 5.10 Å². The lowest BCUT2D eigenvalue weighted by molar-refractivity contribution is -0.386. The van der Waals surface area contributed by atoms with Crippen LogP contribution in [0.3, 0.4) is 0 Å². The molecule has 6 heteroatoms. The van der Waals surface area contributed by atoms with Gasteiger partial charge in [0, 0.05) is 7.05 Å². The van der Waals surface area contributed by atoms with Crippen molar-refractivity contribution in [3.8, 4) is 0 Å². The summed E-state index contributed by atoms with van der Waals surface area (Å²) >= 11 is 0. The highest BCUT2D eigenvalue weighted by Gasteiger charge is 2.22. The van der Waals surface area contributed by atoms with Gasteiger partial charge in [-0.15, -0.1) is 0 Å². The van der Waals surface area contributed by atoms with E-state index in [0.29, 0.717) is 0 Å². The van der Waals surface area contributed by atoms with Crippen LogP contribution in [0.25, 0.3) is 0 Å². The van der Waals surface area contributed by atoms with Crippen molar-refractivity contribution in [1.82, 2.24) is 9.78 Å². The SMILES string of the molecule is C[C@H](O)c1c([N+](=O)[O-])cnn1C. The summed E-state index contributed by atoms with van der Waals surface area (Å²) in [6, 6.07) is 0. The monoisotopic (exact) mass is 171 g/mol. The Hall–Kier alpha value is -1.43. The third-order valence-electron chi connectivity index (χ3n) is 1.56. The molecule has 66 valence electrons. The number of nitrogens with zero attached hydrogens (tertiary/aromatic N) is 3. The molecule has 0 radical (unpaired) electrons. The molecule has 12 heavy (non-hydrogen) atoms. The van der Waals surface area contributed by atoms with Crippen molar-refractivity contribution in [2.45, 2.75) is 13.0 Å². The van der Waals surface area contributed by atoms with Gasteiger partial charge < -0.3 is 5.11 Å². The fourth-order valence-corrected chi connectivity index (χ4v) is 1.06. The molecule has 0 saturated carbocycles. The fourth-order valence-electron chi connectivity index (χ4n) is 1.06. The first-order valence-corrected chi connectivity index (χ1v) is 3.38. The summed E-state index contributed by atoms with van der Waals surface area (Å²) in [5.41, 5.74) is 0.0764. The van der Waals surface area contributed by atoms with Gasteiger partial charge in [-0.05, 0) is 6.92 Å². The number of rotatable bonds is 2. The van der Waals surface area contributed by atoms with E-state index in [-0.39, 0.29) is 11.4 Å². The predicted octanol–water partition coefficient (Wildman–Crippen LogP) is 0.382. The van der Waals surface area contributed by atoms with Crippen LogP contribution in [-0.4, -0.2) is 19.8 Å². The standard InChI is InChI=1S/C6H9N3O3/c1-4(10)6-5(9(11)12)3-7-8(6)2/h3-4,10H,1-2H3/t4-/m0/s1. The Kier molecular flexibility index (Phi) is 2.09. The minimum atomic E-state index is -0.877. The van der Waals surface area contributed by atoms with E-state index in [1.165, 1.54) is 11.6 Å². The average Bonchev–Trinajstić information content (AvgIpc) is 2.30. The molecule has 1 heterocycles. The number of aliphatic hydroxyl groups excluding tert-OH is 1. The van der Waals surface area contributed by atoms with Crippen LogP contribution in [-0.2, 0) is 7.05 Å². The summed E-state index contributed by atoms with van der Waals surface area (Å²) in [7, 11) is 1.55. The van der Waals surface area contributed by atoms with Crippen molar-refractivity contribution in [3.63, 3.8) is 0 Å². The maximum atomic E-state index is 10.4. The molecule has 1 aromatic heterocycles. The average molecular weight is 171 g/mol. The van der Waals surface area contributed by atoms with E-state index in [0.717, 1.165) is 6.20 Å². The molecule has 0 aliphatic rings. The highest BCUT2D eigenvalue weighted by atomic mass is 16.6. The third-order valence-corrected chi connectivity index (χ3v) is 1.56. The van der Waals surface area contributed by atoms with Gasteiger partial charge >= 0.3 is 5.69 Å². The first kappa shape index (κ1) is 8.66. The Balaban J connectivity index is 3.21. The Morgan fingerprint density at radius 3 is 2.75 bits per heavy atom. The summed E-state index contributed by atoms with van der Waals surface area (Å²) in [5.74, 6) is 0. The van der Waals surface area contributed by atoms with Crippen LogP contribution in [0.2, 0.25) is 0 Å². The number of aryl methyl sites for hydroxylation is 1. The zero-order valence-corrected chi connectivity index (χ0v) is 6.76. The minimum Gasteiger partial charge on any atom is -0.387 e.